The van der Waals surface area contributed by atoms with Crippen molar-refractivity contribution in [3.8, 4) is 16.9 Å². The van der Waals surface area contributed by atoms with E-state index in [1.54, 1.807) is 39.5 Å². The lowest BCUT2D eigenvalue weighted by atomic mass is 9.84. The second-order valence-electron chi connectivity index (χ2n) is 15.1. The average molecular weight is 833 g/mol. The summed E-state index contributed by atoms with van der Waals surface area (Å²) in [4.78, 5) is 78.6. The van der Waals surface area contributed by atoms with Crippen LogP contribution in [0.1, 0.15) is 47.6 Å². The number of carbonyl (C=O) groups is 5. The molecule has 0 amide bonds. The highest BCUT2D eigenvalue weighted by Gasteiger charge is 2.52. The molecule has 2 aromatic carbocycles. The second kappa shape index (κ2) is 20.8. The van der Waals surface area contributed by atoms with Crippen molar-refractivity contribution in [2.75, 3.05) is 78.7 Å². The van der Waals surface area contributed by atoms with Gasteiger partial charge in [-0.1, -0.05) is 17.7 Å². The van der Waals surface area contributed by atoms with Crippen LogP contribution < -0.4 is 4.52 Å². The zero-order valence-corrected chi connectivity index (χ0v) is 35.0. The van der Waals surface area contributed by atoms with Crippen molar-refractivity contribution >= 4 is 37.3 Å². The van der Waals surface area contributed by atoms with Crippen LogP contribution in [0.2, 0.25) is 0 Å². The first-order valence-electron chi connectivity index (χ1n) is 19.5. The van der Waals surface area contributed by atoms with E-state index in [1.165, 1.54) is 0 Å². The Morgan fingerprint density at radius 3 is 1.84 bits per heavy atom. The first kappa shape index (κ1) is 46.6. The van der Waals surface area contributed by atoms with E-state index < -0.39 is 55.5 Å². The molecule has 320 valence electrons. The van der Waals surface area contributed by atoms with Crippen LogP contribution in [0.25, 0.3) is 11.1 Å². The topological polar surface area (TPSA) is 224 Å². The Hall–Kier alpha value is -4.06. The van der Waals surface area contributed by atoms with E-state index in [1.807, 2.05) is 33.8 Å². The number of ketones is 2. The maximum absolute atomic E-state index is 13.1. The van der Waals surface area contributed by atoms with Gasteiger partial charge in [0.05, 0.1) is 19.7 Å². The third kappa shape index (κ3) is 12.5. The number of hydrogen-bond acceptors (Lipinski definition) is 13. The Morgan fingerprint density at radius 2 is 1.33 bits per heavy atom. The number of aryl methyl sites for hydroxylation is 5. The van der Waals surface area contributed by atoms with Crippen LogP contribution in [0.3, 0.4) is 0 Å². The Bertz CT molecular complexity index is 1840. The zero-order valence-electron chi connectivity index (χ0n) is 34.1. The molecule has 1 aliphatic carbocycles. The molecule has 2 aromatic rings. The van der Waals surface area contributed by atoms with Gasteiger partial charge in [-0.25, -0.2) is 4.57 Å². The highest BCUT2D eigenvalue weighted by Crippen LogP contribution is 2.46. The zero-order chi connectivity index (χ0) is 42.9. The van der Waals surface area contributed by atoms with Crippen LogP contribution >= 0.6 is 7.82 Å². The monoisotopic (exact) mass is 832 g/mol. The second-order valence-corrected chi connectivity index (χ2v) is 16.4. The molecule has 1 saturated heterocycles. The number of Topliss-reactive ketones (excluding diaryl/α,β-unsaturated/α-hetero) is 2. The van der Waals surface area contributed by atoms with Crippen molar-refractivity contribution < 1.29 is 62.5 Å². The third-order valence-corrected chi connectivity index (χ3v) is 11.5. The maximum Gasteiger partial charge on any atom is 0.527 e. The van der Waals surface area contributed by atoms with Gasteiger partial charge in [-0.3, -0.25) is 53.0 Å². The van der Waals surface area contributed by atoms with Gasteiger partial charge in [0.25, 0.3) is 0 Å². The summed E-state index contributed by atoms with van der Waals surface area (Å²) in [6.07, 6.45) is -0.933. The molecule has 1 heterocycles. The van der Waals surface area contributed by atoms with Gasteiger partial charge in [-0.05, 0) is 99.9 Å². The van der Waals surface area contributed by atoms with Gasteiger partial charge in [0.15, 0.2) is 0 Å². The van der Waals surface area contributed by atoms with Gasteiger partial charge in [0.1, 0.15) is 23.9 Å². The number of hydrogen-bond donors (Lipinski definition) is 4. The fraction of sp³-hybridized carbons (Fsp3) is 0.575. The molecule has 17 nitrogen and oxygen atoms in total. The molecule has 4 atom stereocenters. The summed E-state index contributed by atoms with van der Waals surface area (Å²) in [5.41, 5.74) is 6.90. The van der Waals surface area contributed by atoms with Crippen LogP contribution in [0, 0.1) is 34.6 Å². The lowest BCUT2D eigenvalue weighted by Crippen LogP contribution is -2.67. The van der Waals surface area contributed by atoms with Gasteiger partial charge < -0.3 is 24.6 Å². The summed E-state index contributed by atoms with van der Waals surface area (Å²) in [5.74, 6) is -4.49. The molecule has 0 aromatic heterocycles. The number of carbonyl (C=O) groups excluding carboxylic acids is 2. The average Bonchev–Trinajstić information content (AvgIpc) is 3.12. The number of phosphoric ester groups is 1. The molecular weight excluding hydrogens is 775 g/mol. The summed E-state index contributed by atoms with van der Waals surface area (Å²) < 4.78 is 29.4. The molecule has 0 radical (unpaired) electrons. The molecule has 4 rings (SSSR count). The minimum absolute atomic E-state index is 0.0142. The van der Waals surface area contributed by atoms with Gasteiger partial charge in [-0.15, -0.1) is 0 Å². The lowest BCUT2D eigenvalue weighted by Gasteiger charge is -2.42. The fourth-order valence-corrected chi connectivity index (χ4v) is 8.68. The standard InChI is InChI=1S/C40H57N4O13P/c1-7-55-39-36(37(49)38(39)50)44-16-12-41(23-33(45)46)10-14-43(15-11-42(13-17-44)24-34(47)48)31(40(51)52)9-8-18-56-58(53,54)57-32-22-26(3)30(21-27(32)4)35-28(5)19-25(2)20-29(35)6/h19-22,31,36,39H,7-18,23-24H2,1-6H3,(H,45,46)(H,47,48)(H,51,52)(H,53,54)/t31-,36?,39?/m1/s1. The van der Waals surface area contributed by atoms with Gasteiger partial charge >= 0.3 is 25.7 Å². The van der Waals surface area contributed by atoms with E-state index in [4.69, 9.17) is 13.8 Å². The Morgan fingerprint density at radius 1 is 0.776 bits per heavy atom. The van der Waals surface area contributed by atoms with E-state index in [0.29, 0.717) is 5.56 Å². The van der Waals surface area contributed by atoms with Crippen molar-refractivity contribution in [1.29, 1.82) is 0 Å². The van der Waals surface area contributed by atoms with Crippen molar-refractivity contribution in [3.63, 3.8) is 0 Å². The minimum Gasteiger partial charge on any atom is -0.480 e. The van der Waals surface area contributed by atoms with Crippen molar-refractivity contribution in [2.45, 2.75) is 72.6 Å². The minimum atomic E-state index is -4.63. The molecule has 4 N–H and O–H groups in total. The largest absolute Gasteiger partial charge is 0.527 e. The van der Waals surface area contributed by atoms with Gasteiger partial charge in [0.2, 0.25) is 11.6 Å². The SMILES string of the molecule is CCOC1C(=O)C(=O)C1N1CCN(CC(=O)O)CCN([C@H](CCCOP(=O)(O)Oc2cc(C)c(-c3c(C)cc(C)cc3C)cc2C)C(=O)O)CCN(CC(=O)O)CC1. The molecule has 1 aliphatic heterocycles. The third-order valence-electron chi connectivity index (χ3n) is 10.6. The molecule has 18 heteroatoms. The van der Waals surface area contributed by atoms with Crippen molar-refractivity contribution in [3.05, 3.63) is 52.1 Å². The predicted molar refractivity (Wildman–Crippen MR) is 213 cm³/mol. The number of rotatable bonds is 17. The molecular formula is C40H57N4O13P. The van der Waals surface area contributed by atoms with Crippen LogP contribution in [0.4, 0.5) is 0 Å². The fourth-order valence-electron chi connectivity index (χ4n) is 7.82. The molecule has 0 spiro atoms. The molecule has 2 fully saturated rings. The number of phosphoric acid groups is 1. The highest BCUT2D eigenvalue weighted by atomic mass is 31.2. The number of carboxylic acids is 3. The van der Waals surface area contributed by atoms with E-state index >= 15 is 0 Å². The summed E-state index contributed by atoms with van der Waals surface area (Å²) in [6, 6.07) is 5.80. The molecule has 0 bridgehead atoms. The quantitative estimate of drug-likeness (QED) is 0.102. The Kier molecular flexibility index (Phi) is 16.7. The molecule has 3 unspecified atom stereocenters. The molecule has 2 aliphatic rings. The van der Waals surface area contributed by atoms with Gasteiger partial charge in [-0.2, -0.15) is 0 Å². The van der Waals surface area contributed by atoms with E-state index in [0.717, 1.165) is 33.4 Å². The van der Waals surface area contributed by atoms with Crippen molar-refractivity contribution in [1.82, 2.24) is 19.6 Å². The van der Waals surface area contributed by atoms with E-state index in [-0.39, 0.29) is 97.3 Å². The summed E-state index contributed by atoms with van der Waals surface area (Å²) in [7, 11) is -4.63. The van der Waals surface area contributed by atoms with Crippen LogP contribution in [-0.2, 0) is 37.8 Å². The first-order valence-corrected chi connectivity index (χ1v) is 21.0. The number of benzene rings is 2. The lowest BCUT2D eigenvalue weighted by molar-refractivity contribution is -0.165. The number of carboxylic acid groups (broad SMARTS) is 3. The van der Waals surface area contributed by atoms with Gasteiger partial charge in [0, 0.05) is 59.0 Å². The van der Waals surface area contributed by atoms with E-state index in [2.05, 4.69) is 12.1 Å². The summed E-state index contributed by atoms with van der Waals surface area (Å²) in [5, 5.41) is 29.7. The molecule has 58 heavy (non-hydrogen) atoms. The van der Waals surface area contributed by atoms with E-state index in [9.17, 15) is 48.8 Å². The number of ether oxygens (including phenoxy) is 1. The van der Waals surface area contributed by atoms with Crippen LogP contribution in [-0.4, -0.2) is 166 Å². The number of nitrogens with zero attached hydrogens (tertiary/aromatic N) is 4. The van der Waals surface area contributed by atoms with Crippen molar-refractivity contribution in [2.24, 2.45) is 0 Å². The summed E-state index contributed by atoms with van der Waals surface area (Å²) >= 11 is 0. The summed E-state index contributed by atoms with van der Waals surface area (Å²) in [6.45, 7) is 11.7. The predicted octanol–water partition coefficient (Wildman–Crippen LogP) is 2.94. The Balaban J connectivity index is 1.44. The maximum atomic E-state index is 13.1. The first-order chi connectivity index (χ1) is 27.3. The number of aliphatic carboxylic acids is 3. The Labute approximate surface area is 339 Å². The molecule has 1 saturated carbocycles. The van der Waals surface area contributed by atoms with Crippen LogP contribution in [0.5, 0.6) is 5.75 Å². The normalized spacial score (nSPS) is 21.0. The smallest absolute Gasteiger partial charge is 0.480 e. The highest BCUT2D eigenvalue weighted by molar-refractivity contribution is 7.47. The van der Waals surface area contributed by atoms with Crippen LogP contribution in [0.15, 0.2) is 24.3 Å².